The third-order valence-electron chi connectivity index (χ3n) is 3.02. The lowest BCUT2D eigenvalue weighted by molar-refractivity contribution is -0.137. The van der Waals surface area contributed by atoms with Gasteiger partial charge in [-0.1, -0.05) is 0 Å². The zero-order valence-corrected chi connectivity index (χ0v) is 11.5. The number of sulfonamides is 1. The molecule has 0 radical (unpaired) electrons. The molecule has 0 aliphatic carbocycles. The van der Waals surface area contributed by atoms with Crippen LogP contribution in [0.5, 0.6) is 0 Å². The van der Waals surface area contributed by atoms with E-state index in [0.717, 1.165) is 24.3 Å². The Morgan fingerprint density at radius 3 is 2.35 bits per heavy atom. The highest BCUT2D eigenvalue weighted by Crippen LogP contribution is 2.30. The van der Waals surface area contributed by atoms with Gasteiger partial charge >= 0.3 is 6.18 Å². The number of rotatable bonds is 2. The van der Waals surface area contributed by atoms with Crippen molar-refractivity contribution in [3.63, 3.8) is 0 Å². The number of ether oxygens (including phenoxy) is 1. The van der Waals surface area contributed by atoms with Crippen LogP contribution in [0.2, 0.25) is 0 Å². The molecular formula is C12H14F3NO3S. The van der Waals surface area contributed by atoms with Crippen LogP contribution >= 0.6 is 0 Å². The molecular weight excluding hydrogens is 295 g/mol. The van der Waals surface area contributed by atoms with Gasteiger partial charge in [0.05, 0.1) is 23.2 Å². The van der Waals surface area contributed by atoms with Gasteiger partial charge in [-0.2, -0.15) is 17.5 Å². The molecule has 2 rings (SSSR count). The molecule has 1 atom stereocenters. The summed E-state index contributed by atoms with van der Waals surface area (Å²) >= 11 is 0. The highest BCUT2D eigenvalue weighted by molar-refractivity contribution is 7.89. The van der Waals surface area contributed by atoms with Gasteiger partial charge in [-0.15, -0.1) is 0 Å². The number of halogens is 3. The molecule has 112 valence electrons. The molecule has 1 aliphatic heterocycles. The minimum atomic E-state index is -4.48. The van der Waals surface area contributed by atoms with Crippen molar-refractivity contribution >= 4 is 10.0 Å². The Hall–Kier alpha value is -1.12. The predicted octanol–water partition coefficient (Wildman–Crippen LogP) is 2.11. The molecule has 0 aromatic heterocycles. The maximum atomic E-state index is 12.4. The van der Waals surface area contributed by atoms with Crippen molar-refractivity contribution in [2.75, 3.05) is 19.7 Å². The fraction of sp³-hybridized carbons (Fsp3) is 0.500. The van der Waals surface area contributed by atoms with E-state index in [1.54, 1.807) is 6.92 Å². The van der Waals surface area contributed by atoms with E-state index in [2.05, 4.69) is 0 Å². The number of hydrogen-bond donors (Lipinski definition) is 0. The van der Waals surface area contributed by atoms with Crippen LogP contribution in [0.15, 0.2) is 29.2 Å². The molecule has 0 N–H and O–H groups in total. The smallest absolute Gasteiger partial charge is 0.376 e. The third kappa shape index (κ3) is 3.13. The lowest BCUT2D eigenvalue weighted by atomic mass is 10.2. The average molecular weight is 309 g/mol. The Bertz CT molecular complexity index is 569. The summed E-state index contributed by atoms with van der Waals surface area (Å²) in [6, 6.07) is 3.52. The van der Waals surface area contributed by atoms with Crippen molar-refractivity contribution < 1.29 is 26.3 Å². The van der Waals surface area contributed by atoms with Gasteiger partial charge in [-0.25, -0.2) is 8.42 Å². The monoisotopic (exact) mass is 309 g/mol. The first kappa shape index (κ1) is 15.3. The highest BCUT2D eigenvalue weighted by Gasteiger charge is 2.32. The molecule has 1 unspecified atom stereocenters. The van der Waals surface area contributed by atoms with Crippen LogP contribution < -0.4 is 0 Å². The number of alkyl halides is 3. The summed E-state index contributed by atoms with van der Waals surface area (Å²) < 4.78 is 68.4. The zero-order chi connectivity index (χ0) is 15.0. The van der Waals surface area contributed by atoms with Crippen molar-refractivity contribution in [2.24, 2.45) is 0 Å². The Kier molecular flexibility index (Phi) is 4.08. The van der Waals surface area contributed by atoms with Gasteiger partial charge in [0.15, 0.2) is 0 Å². The van der Waals surface area contributed by atoms with Gasteiger partial charge < -0.3 is 4.74 Å². The Morgan fingerprint density at radius 2 is 1.85 bits per heavy atom. The maximum absolute atomic E-state index is 12.4. The van der Waals surface area contributed by atoms with Crippen LogP contribution in [-0.4, -0.2) is 38.5 Å². The highest BCUT2D eigenvalue weighted by atomic mass is 32.2. The molecule has 0 bridgehead atoms. The summed E-state index contributed by atoms with van der Waals surface area (Å²) in [7, 11) is -3.77. The second kappa shape index (κ2) is 5.34. The van der Waals surface area contributed by atoms with E-state index in [1.165, 1.54) is 4.31 Å². The van der Waals surface area contributed by atoms with Gasteiger partial charge in [0.2, 0.25) is 10.0 Å². The van der Waals surface area contributed by atoms with Crippen molar-refractivity contribution in [1.29, 1.82) is 0 Å². The van der Waals surface area contributed by atoms with Crippen LogP contribution in [0.3, 0.4) is 0 Å². The lowest BCUT2D eigenvalue weighted by Gasteiger charge is -2.30. The van der Waals surface area contributed by atoms with Gasteiger partial charge in [0.25, 0.3) is 0 Å². The van der Waals surface area contributed by atoms with Crippen molar-refractivity contribution in [2.45, 2.75) is 24.1 Å². The molecule has 1 fully saturated rings. The molecule has 4 nitrogen and oxygen atoms in total. The van der Waals surface area contributed by atoms with Crippen LogP contribution in [0.25, 0.3) is 0 Å². The first-order valence-corrected chi connectivity index (χ1v) is 7.44. The zero-order valence-electron chi connectivity index (χ0n) is 10.7. The van der Waals surface area contributed by atoms with Gasteiger partial charge in [-0.05, 0) is 31.2 Å². The topological polar surface area (TPSA) is 46.6 Å². The van der Waals surface area contributed by atoms with Crippen molar-refractivity contribution in [3.05, 3.63) is 29.8 Å². The molecule has 1 saturated heterocycles. The minimum Gasteiger partial charge on any atom is -0.376 e. The van der Waals surface area contributed by atoms with Crippen LogP contribution in [0.4, 0.5) is 13.2 Å². The Morgan fingerprint density at radius 1 is 1.25 bits per heavy atom. The van der Waals surface area contributed by atoms with E-state index >= 15 is 0 Å². The Balaban J connectivity index is 2.26. The van der Waals surface area contributed by atoms with Crippen LogP contribution in [0.1, 0.15) is 12.5 Å². The fourth-order valence-corrected chi connectivity index (χ4v) is 3.47. The predicted molar refractivity (Wildman–Crippen MR) is 65.6 cm³/mol. The average Bonchev–Trinajstić information content (AvgIpc) is 2.38. The summed E-state index contributed by atoms with van der Waals surface area (Å²) in [4.78, 5) is -0.139. The maximum Gasteiger partial charge on any atom is 0.416 e. The fourth-order valence-electron chi connectivity index (χ4n) is 1.97. The first-order valence-electron chi connectivity index (χ1n) is 6.00. The Labute approximate surface area is 115 Å². The summed E-state index contributed by atoms with van der Waals surface area (Å²) in [5, 5.41) is 0. The number of nitrogens with zero attached hydrogens (tertiary/aromatic N) is 1. The SMILES string of the molecule is CC1CN(S(=O)(=O)c2ccc(C(F)(F)F)cc2)CCO1. The van der Waals surface area contributed by atoms with Gasteiger partial charge in [0, 0.05) is 13.1 Å². The van der Waals surface area contributed by atoms with E-state index in [1.807, 2.05) is 0 Å². The van der Waals surface area contributed by atoms with Gasteiger partial charge in [0.1, 0.15) is 0 Å². The molecule has 1 heterocycles. The first-order chi connectivity index (χ1) is 9.21. The summed E-state index contributed by atoms with van der Waals surface area (Å²) in [5.41, 5.74) is -0.869. The van der Waals surface area contributed by atoms with Crippen LogP contribution in [-0.2, 0) is 20.9 Å². The summed E-state index contributed by atoms with van der Waals surface area (Å²) in [5.74, 6) is 0. The largest absolute Gasteiger partial charge is 0.416 e. The second-order valence-corrected chi connectivity index (χ2v) is 6.50. The van der Waals surface area contributed by atoms with E-state index in [9.17, 15) is 21.6 Å². The van der Waals surface area contributed by atoms with E-state index in [4.69, 9.17) is 4.74 Å². The quantitative estimate of drug-likeness (QED) is 0.840. The molecule has 0 saturated carbocycles. The normalized spacial score (nSPS) is 21.9. The van der Waals surface area contributed by atoms with E-state index < -0.39 is 21.8 Å². The van der Waals surface area contributed by atoms with E-state index in [0.29, 0.717) is 0 Å². The third-order valence-corrected chi connectivity index (χ3v) is 4.90. The molecule has 20 heavy (non-hydrogen) atoms. The van der Waals surface area contributed by atoms with Crippen molar-refractivity contribution in [1.82, 2.24) is 4.31 Å². The summed E-state index contributed by atoms with van der Waals surface area (Å²) in [6.45, 7) is 2.42. The van der Waals surface area contributed by atoms with Crippen molar-refractivity contribution in [3.8, 4) is 0 Å². The molecule has 0 spiro atoms. The number of morpholine rings is 1. The molecule has 1 aromatic rings. The molecule has 8 heteroatoms. The second-order valence-electron chi connectivity index (χ2n) is 4.57. The molecule has 1 aromatic carbocycles. The minimum absolute atomic E-state index is 0.139. The van der Waals surface area contributed by atoms with Crippen LogP contribution in [0, 0.1) is 0 Å². The molecule has 0 amide bonds. The number of hydrogen-bond acceptors (Lipinski definition) is 3. The lowest BCUT2D eigenvalue weighted by Crippen LogP contribution is -2.44. The molecule has 1 aliphatic rings. The van der Waals surface area contributed by atoms with Gasteiger partial charge in [-0.3, -0.25) is 0 Å². The standard InChI is InChI=1S/C12H14F3NO3S/c1-9-8-16(6-7-19-9)20(17,18)11-4-2-10(3-5-11)12(13,14)15/h2-5,9H,6-8H2,1H3. The summed E-state index contributed by atoms with van der Waals surface area (Å²) in [6.07, 6.45) is -4.71. The van der Waals surface area contributed by atoms with E-state index in [-0.39, 0.29) is 30.7 Å². The number of benzene rings is 1.